The van der Waals surface area contributed by atoms with Gasteiger partial charge in [0, 0.05) is 51.6 Å². The number of carbonyl (C=O) groups is 1. The summed E-state index contributed by atoms with van der Waals surface area (Å²) in [5.74, 6) is 0.990. The van der Waals surface area contributed by atoms with Crippen molar-refractivity contribution in [3.63, 3.8) is 0 Å². The third-order valence-electron chi connectivity index (χ3n) is 4.16. The zero-order valence-corrected chi connectivity index (χ0v) is 16.1. The van der Waals surface area contributed by atoms with E-state index in [2.05, 4.69) is 0 Å². The van der Waals surface area contributed by atoms with Crippen LogP contribution in [0.1, 0.15) is 11.1 Å². The number of benzene rings is 1. The van der Waals surface area contributed by atoms with Crippen LogP contribution in [0.25, 0.3) is 6.08 Å². The topological polar surface area (TPSA) is 82.8 Å². The molecule has 0 bridgehead atoms. The van der Waals surface area contributed by atoms with E-state index in [1.807, 2.05) is 6.07 Å². The molecule has 0 N–H and O–H groups in total. The molecular formula is C19H23N3O5. The largest absolute Gasteiger partial charge is 0.497 e. The summed E-state index contributed by atoms with van der Waals surface area (Å²) in [5.41, 5.74) is 0.192. The molecule has 1 aromatic heterocycles. The lowest BCUT2D eigenvalue weighted by atomic mass is 10.1. The van der Waals surface area contributed by atoms with Gasteiger partial charge in [-0.25, -0.2) is 4.79 Å². The number of carbonyl (C=O) groups excluding carboxylic acids is 1. The average Bonchev–Trinajstić information content (AvgIpc) is 2.67. The lowest BCUT2D eigenvalue weighted by Crippen LogP contribution is -2.37. The molecule has 0 saturated carbocycles. The molecule has 8 nitrogen and oxygen atoms in total. The number of aromatic nitrogens is 2. The highest BCUT2D eigenvalue weighted by molar-refractivity contribution is 5.91. The zero-order valence-electron chi connectivity index (χ0n) is 16.1. The second-order valence-corrected chi connectivity index (χ2v) is 6.05. The molecule has 0 radical (unpaired) electrons. The van der Waals surface area contributed by atoms with Gasteiger partial charge in [0.05, 0.1) is 19.8 Å². The summed E-state index contributed by atoms with van der Waals surface area (Å²) in [4.78, 5) is 37.7. The maximum Gasteiger partial charge on any atom is 0.330 e. The number of amides is 1. The molecule has 2 rings (SSSR count). The van der Waals surface area contributed by atoms with Crippen LogP contribution >= 0.6 is 0 Å². The Morgan fingerprint density at radius 2 is 1.89 bits per heavy atom. The Balaban J connectivity index is 2.18. The number of nitrogens with zero attached hydrogens (tertiary/aromatic N) is 3. The van der Waals surface area contributed by atoms with Gasteiger partial charge in [-0.15, -0.1) is 0 Å². The smallest absolute Gasteiger partial charge is 0.330 e. The number of ether oxygens (including phenoxy) is 2. The van der Waals surface area contributed by atoms with Gasteiger partial charge in [0.15, 0.2) is 0 Å². The molecule has 2 aromatic rings. The predicted molar refractivity (Wildman–Crippen MR) is 102 cm³/mol. The van der Waals surface area contributed by atoms with Gasteiger partial charge in [-0.1, -0.05) is 0 Å². The molecule has 0 aliphatic carbocycles. The van der Waals surface area contributed by atoms with Gasteiger partial charge in [0.1, 0.15) is 11.5 Å². The van der Waals surface area contributed by atoms with Crippen LogP contribution in [0.5, 0.6) is 11.5 Å². The van der Waals surface area contributed by atoms with E-state index in [0.717, 1.165) is 10.1 Å². The Morgan fingerprint density at radius 1 is 1.19 bits per heavy atom. The summed E-state index contributed by atoms with van der Waals surface area (Å²) in [7, 11) is 7.71. The first-order chi connectivity index (χ1) is 12.8. The number of rotatable bonds is 6. The second kappa shape index (κ2) is 8.39. The van der Waals surface area contributed by atoms with Crippen molar-refractivity contribution in [1.82, 2.24) is 14.0 Å². The van der Waals surface area contributed by atoms with E-state index in [1.54, 1.807) is 40.4 Å². The summed E-state index contributed by atoms with van der Waals surface area (Å²) >= 11 is 0. The SMILES string of the molecule is COc1ccc(CN(C)C(=O)C=Cc2cn(C)c(=O)n(C)c2=O)c(OC)c1. The Labute approximate surface area is 156 Å². The molecule has 8 heteroatoms. The van der Waals surface area contributed by atoms with Crippen molar-refractivity contribution in [3.05, 3.63) is 62.4 Å². The van der Waals surface area contributed by atoms with E-state index >= 15 is 0 Å². The predicted octanol–water partition coefficient (Wildman–Crippen LogP) is 0.773. The van der Waals surface area contributed by atoms with Crippen molar-refractivity contribution in [1.29, 1.82) is 0 Å². The number of likely N-dealkylation sites (N-methyl/N-ethyl adjacent to an activating group) is 1. The molecule has 0 spiro atoms. The Morgan fingerprint density at radius 3 is 2.52 bits per heavy atom. The quantitative estimate of drug-likeness (QED) is 0.699. The minimum atomic E-state index is -0.457. The van der Waals surface area contributed by atoms with E-state index in [9.17, 15) is 14.4 Å². The Bertz CT molecular complexity index is 988. The van der Waals surface area contributed by atoms with Crippen molar-refractivity contribution < 1.29 is 14.3 Å². The number of methoxy groups -OCH3 is 2. The highest BCUT2D eigenvalue weighted by atomic mass is 16.5. The fraction of sp³-hybridized carbons (Fsp3) is 0.316. The molecule has 0 atom stereocenters. The van der Waals surface area contributed by atoms with Crippen molar-refractivity contribution in [2.24, 2.45) is 14.1 Å². The minimum absolute atomic E-state index is 0.253. The maximum absolute atomic E-state index is 12.4. The summed E-state index contributed by atoms with van der Waals surface area (Å²) in [6.45, 7) is 0.321. The van der Waals surface area contributed by atoms with Gasteiger partial charge >= 0.3 is 5.69 Å². The monoisotopic (exact) mass is 373 g/mol. The van der Waals surface area contributed by atoms with E-state index < -0.39 is 11.2 Å². The van der Waals surface area contributed by atoms with Crippen LogP contribution < -0.4 is 20.7 Å². The average molecular weight is 373 g/mol. The van der Waals surface area contributed by atoms with Gasteiger partial charge < -0.3 is 18.9 Å². The fourth-order valence-corrected chi connectivity index (χ4v) is 2.55. The summed E-state index contributed by atoms with van der Waals surface area (Å²) in [6, 6.07) is 5.37. The first-order valence-electron chi connectivity index (χ1n) is 8.19. The van der Waals surface area contributed by atoms with E-state index in [0.29, 0.717) is 18.0 Å². The van der Waals surface area contributed by atoms with E-state index in [4.69, 9.17) is 9.47 Å². The lowest BCUT2D eigenvalue weighted by molar-refractivity contribution is -0.125. The molecular weight excluding hydrogens is 350 g/mol. The third-order valence-corrected chi connectivity index (χ3v) is 4.16. The minimum Gasteiger partial charge on any atom is -0.497 e. The van der Waals surface area contributed by atoms with Gasteiger partial charge in [0.25, 0.3) is 5.56 Å². The molecule has 1 aromatic carbocycles. The van der Waals surface area contributed by atoms with Crippen LogP contribution in [0.2, 0.25) is 0 Å². The first kappa shape index (κ1) is 20.0. The van der Waals surface area contributed by atoms with E-state index in [1.165, 1.54) is 34.9 Å². The van der Waals surface area contributed by atoms with Crippen LogP contribution in [-0.2, 0) is 25.4 Å². The summed E-state index contributed by atoms with van der Waals surface area (Å²) in [5, 5.41) is 0. The Kier molecular flexibility index (Phi) is 6.23. The highest BCUT2D eigenvalue weighted by Crippen LogP contribution is 2.25. The van der Waals surface area contributed by atoms with Crippen LogP contribution in [0.3, 0.4) is 0 Å². The number of hydrogen-bond donors (Lipinski definition) is 0. The molecule has 0 aliphatic heterocycles. The van der Waals surface area contributed by atoms with Crippen LogP contribution in [0, 0.1) is 0 Å². The molecule has 0 saturated heterocycles. The standard InChI is InChI=1S/C19H23N3O5/c1-20(11-13-6-8-15(26-4)10-16(13)27-5)17(23)9-7-14-12-21(2)19(25)22(3)18(14)24/h6-10,12H,11H2,1-5H3. The van der Waals surface area contributed by atoms with Gasteiger partial charge in [0.2, 0.25) is 5.91 Å². The molecule has 27 heavy (non-hydrogen) atoms. The molecule has 1 amide bonds. The van der Waals surface area contributed by atoms with Crippen molar-refractivity contribution in [2.45, 2.75) is 6.54 Å². The van der Waals surface area contributed by atoms with Crippen molar-refractivity contribution in [2.75, 3.05) is 21.3 Å². The molecule has 0 unspecified atom stereocenters. The maximum atomic E-state index is 12.4. The summed E-state index contributed by atoms with van der Waals surface area (Å²) in [6.07, 6.45) is 4.12. The van der Waals surface area contributed by atoms with Crippen molar-refractivity contribution in [3.8, 4) is 11.5 Å². The van der Waals surface area contributed by atoms with Crippen LogP contribution in [-0.4, -0.2) is 41.2 Å². The normalized spacial score (nSPS) is 10.9. The van der Waals surface area contributed by atoms with Crippen LogP contribution in [0.15, 0.2) is 40.1 Å². The van der Waals surface area contributed by atoms with Crippen molar-refractivity contribution >= 4 is 12.0 Å². The van der Waals surface area contributed by atoms with Gasteiger partial charge in [-0.2, -0.15) is 0 Å². The second-order valence-electron chi connectivity index (χ2n) is 6.05. The lowest BCUT2D eigenvalue weighted by Gasteiger charge is -2.17. The zero-order chi connectivity index (χ0) is 20.1. The van der Waals surface area contributed by atoms with E-state index in [-0.39, 0.29) is 11.5 Å². The Hall–Kier alpha value is -3.29. The van der Waals surface area contributed by atoms with Gasteiger partial charge in [-0.05, 0) is 18.2 Å². The summed E-state index contributed by atoms with van der Waals surface area (Å²) < 4.78 is 12.8. The van der Waals surface area contributed by atoms with Gasteiger partial charge in [-0.3, -0.25) is 14.2 Å². The highest BCUT2D eigenvalue weighted by Gasteiger charge is 2.11. The number of aryl methyl sites for hydroxylation is 1. The number of hydrogen-bond acceptors (Lipinski definition) is 5. The van der Waals surface area contributed by atoms with Crippen LogP contribution in [0.4, 0.5) is 0 Å². The molecule has 0 fully saturated rings. The fourth-order valence-electron chi connectivity index (χ4n) is 2.55. The third kappa shape index (κ3) is 4.46. The molecule has 144 valence electrons. The molecule has 0 aliphatic rings. The first-order valence-corrected chi connectivity index (χ1v) is 8.19. The molecule has 1 heterocycles.